The minimum absolute atomic E-state index is 0.128. The number of benzene rings is 1. The van der Waals surface area contributed by atoms with Crippen LogP contribution in [0.25, 0.3) is 0 Å². The van der Waals surface area contributed by atoms with E-state index in [0.717, 1.165) is 25.9 Å². The van der Waals surface area contributed by atoms with Crippen LogP contribution in [0.1, 0.15) is 33.7 Å². The van der Waals surface area contributed by atoms with Crippen molar-refractivity contribution in [2.75, 3.05) is 26.3 Å². The van der Waals surface area contributed by atoms with Crippen LogP contribution >= 0.6 is 11.6 Å². The van der Waals surface area contributed by atoms with Crippen molar-refractivity contribution in [2.45, 2.75) is 12.8 Å². The number of nitrogens with one attached hydrogen (secondary N) is 1. The molecular formula is C19H19ClN2O5. The molecule has 0 bridgehead atoms. The molecule has 8 heteroatoms. The molecule has 0 spiro atoms. The first-order valence-corrected chi connectivity index (χ1v) is 8.96. The second-order valence-electron chi connectivity index (χ2n) is 6.10. The number of nitrogens with zero attached hydrogens (tertiary/aromatic N) is 1. The number of likely N-dealkylation sites (tertiary alicyclic amines) is 1. The minimum Gasteiger partial charge on any atom is -0.480 e. The Balaban J connectivity index is 1.47. The molecule has 1 aromatic heterocycles. The summed E-state index contributed by atoms with van der Waals surface area (Å²) < 4.78 is 10.2. The molecule has 0 radical (unpaired) electrons. The molecule has 142 valence electrons. The van der Waals surface area contributed by atoms with Gasteiger partial charge in [0, 0.05) is 24.8 Å². The van der Waals surface area contributed by atoms with Crippen molar-refractivity contribution in [3.8, 4) is 5.75 Å². The number of esters is 1. The van der Waals surface area contributed by atoms with Gasteiger partial charge in [-0.05, 0) is 31.0 Å². The van der Waals surface area contributed by atoms with E-state index in [-0.39, 0.29) is 18.1 Å². The van der Waals surface area contributed by atoms with Crippen LogP contribution in [0.3, 0.4) is 0 Å². The molecule has 1 aromatic carbocycles. The highest BCUT2D eigenvalue weighted by Crippen LogP contribution is 2.22. The predicted molar refractivity (Wildman–Crippen MR) is 98.2 cm³/mol. The first-order valence-electron chi connectivity index (χ1n) is 8.58. The van der Waals surface area contributed by atoms with Gasteiger partial charge >= 0.3 is 5.97 Å². The summed E-state index contributed by atoms with van der Waals surface area (Å²) in [6, 6.07) is 8.21. The van der Waals surface area contributed by atoms with Crippen molar-refractivity contribution in [1.29, 1.82) is 0 Å². The van der Waals surface area contributed by atoms with E-state index in [1.165, 1.54) is 12.3 Å². The Morgan fingerprint density at radius 1 is 1.11 bits per heavy atom. The van der Waals surface area contributed by atoms with Crippen molar-refractivity contribution in [1.82, 2.24) is 9.88 Å². The summed E-state index contributed by atoms with van der Waals surface area (Å²) in [5.74, 6) is -0.861. The van der Waals surface area contributed by atoms with E-state index in [1.807, 2.05) is 0 Å². The van der Waals surface area contributed by atoms with E-state index < -0.39 is 18.4 Å². The van der Waals surface area contributed by atoms with Gasteiger partial charge in [-0.2, -0.15) is 0 Å². The molecule has 3 rings (SSSR count). The summed E-state index contributed by atoms with van der Waals surface area (Å²) in [4.78, 5) is 40.7. The zero-order valence-corrected chi connectivity index (χ0v) is 15.3. The van der Waals surface area contributed by atoms with Gasteiger partial charge < -0.3 is 19.4 Å². The number of carbonyl (C=O) groups is 3. The lowest BCUT2D eigenvalue weighted by Gasteiger charge is -2.13. The summed E-state index contributed by atoms with van der Waals surface area (Å²) in [5.41, 5.74) is 0.644. The fourth-order valence-corrected chi connectivity index (χ4v) is 2.93. The molecule has 1 fully saturated rings. The maximum absolute atomic E-state index is 12.3. The van der Waals surface area contributed by atoms with E-state index in [0.29, 0.717) is 16.5 Å². The van der Waals surface area contributed by atoms with Gasteiger partial charge in [0.2, 0.25) is 5.78 Å². The summed E-state index contributed by atoms with van der Waals surface area (Å²) >= 11 is 5.92. The maximum atomic E-state index is 12.3. The van der Waals surface area contributed by atoms with Gasteiger partial charge in [0.25, 0.3) is 5.91 Å². The van der Waals surface area contributed by atoms with Crippen LogP contribution in [0.4, 0.5) is 0 Å². The Labute approximate surface area is 161 Å². The fraction of sp³-hybridized carbons (Fsp3) is 0.316. The van der Waals surface area contributed by atoms with E-state index in [2.05, 4.69) is 4.98 Å². The number of amides is 1. The van der Waals surface area contributed by atoms with Gasteiger partial charge in [-0.25, -0.2) is 4.79 Å². The Hall–Kier alpha value is -2.80. The number of aromatic amines is 1. The van der Waals surface area contributed by atoms with Crippen LogP contribution in [0.15, 0.2) is 36.5 Å². The van der Waals surface area contributed by atoms with Crippen molar-refractivity contribution in [3.63, 3.8) is 0 Å². The standard InChI is InChI=1S/C19H19ClN2O5/c20-14-5-1-2-6-17(14)26-12-18(24)27-11-16(23)13-9-15(21-10-13)19(25)22-7-3-4-8-22/h1-2,5-6,9-10,21H,3-4,7-8,11-12H2. The lowest BCUT2D eigenvalue weighted by atomic mass is 10.2. The first kappa shape index (κ1) is 19.0. The molecular weight excluding hydrogens is 372 g/mol. The van der Waals surface area contributed by atoms with E-state index >= 15 is 0 Å². The van der Waals surface area contributed by atoms with Gasteiger partial charge in [0.1, 0.15) is 11.4 Å². The quantitative estimate of drug-likeness (QED) is 0.580. The summed E-state index contributed by atoms with van der Waals surface area (Å²) in [6.45, 7) is 0.664. The lowest BCUT2D eigenvalue weighted by molar-refractivity contribution is -0.144. The van der Waals surface area contributed by atoms with Crippen LogP contribution in [0.2, 0.25) is 5.02 Å². The van der Waals surface area contributed by atoms with Gasteiger partial charge in [-0.1, -0.05) is 23.7 Å². The average Bonchev–Trinajstić information content (AvgIpc) is 3.37. The molecule has 27 heavy (non-hydrogen) atoms. The topological polar surface area (TPSA) is 88.7 Å². The largest absolute Gasteiger partial charge is 0.480 e. The lowest BCUT2D eigenvalue weighted by Crippen LogP contribution is -2.27. The van der Waals surface area contributed by atoms with Crippen molar-refractivity contribution >= 4 is 29.3 Å². The molecule has 1 aliphatic rings. The average molecular weight is 391 g/mol. The van der Waals surface area contributed by atoms with Gasteiger partial charge in [-0.15, -0.1) is 0 Å². The number of rotatable bonds is 7. The third-order valence-electron chi connectivity index (χ3n) is 4.18. The minimum atomic E-state index is -0.688. The van der Waals surface area contributed by atoms with Gasteiger partial charge in [-0.3, -0.25) is 9.59 Å². The van der Waals surface area contributed by atoms with Crippen LogP contribution in [0, 0.1) is 0 Å². The molecule has 7 nitrogen and oxygen atoms in total. The SMILES string of the molecule is O=C(COc1ccccc1Cl)OCC(=O)c1c[nH]c(C(=O)N2CCCC2)c1. The third-order valence-corrected chi connectivity index (χ3v) is 4.49. The number of carbonyl (C=O) groups excluding carboxylic acids is 3. The number of ether oxygens (including phenoxy) is 2. The zero-order chi connectivity index (χ0) is 19.2. The highest BCUT2D eigenvalue weighted by Gasteiger charge is 2.22. The second-order valence-corrected chi connectivity index (χ2v) is 6.51. The highest BCUT2D eigenvalue weighted by molar-refractivity contribution is 6.32. The smallest absolute Gasteiger partial charge is 0.344 e. The maximum Gasteiger partial charge on any atom is 0.344 e. The van der Waals surface area contributed by atoms with E-state index in [1.54, 1.807) is 29.2 Å². The van der Waals surface area contributed by atoms with Gasteiger partial charge in [0.05, 0.1) is 5.02 Å². The summed E-state index contributed by atoms with van der Waals surface area (Å²) in [7, 11) is 0. The van der Waals surface area contributed by atoms with Crippen LogP contribution in [-0.2, 0) is 9.53 Å². The molecule has 1 N–H and O–H groups in total. The normalized spacial score (nSPS) is 13.4. The van der Waals surface area contributed by atoms with Crippen molar-refractivity contribution in [2.24, 2.45) is 0 Å². The number of para-hydroxylation sites is 1. The Kier molecular flexibility index (Phi) is 6.13. The van der Waals surface area contributed by atoms with Crippen molar-refractivity contribution in [3.05, 3.63) is 52.8 Å². The molecule has 1 saturated heterocycles. The van der Waals surface area contributed by atoms with Crippen LogP contribution < -0.4 is 4.74 Å². The monoisotopic (exact) mass is 390 g/mol. The van der Waals surface area contributed by atoms with Crippen molar-refractivity contribution < 1.29 is 23.9 Å². The predicted octanol–water partition coefficient (Wildman–Crippen LogP) is 2.71. The summed E-state index contributed by atoms with van der Waals surface area (Å²) in [5, 5.41) is 0.379. The number of Topliss-reactive ketones (excluding diaryl/α,β-unsaturated/α-hetero) is 1. The molecule has 0 saturated carbocycles. The van der Waals surface area contributed by atoms with Gasteiger partial charge in [0.15, 0.2) is 13.2 Å². The number of halogens is 1. The number of ketones is 1. The zero-order valence-electron chi connectivity index (χ0n) is 14.6. The summed E-state index contributed by atoms with van der Waals surface area (Å²) in [6.07, 6.45) is 3.43. The highest BCUT2D eigenvalue weighted by atomic mass is 35.5. The van der Waals surface area contributed by atoms with E-state index in [4.69, 9.17) is 21.1 Å². The Morgan fingerprint density at radius 3 is 2.59 bits per heavy atom. The second kappa shape index (κ2) is 8.73. The number of hydrogen-bond donors (Lipinski definition) is 1. The molecule has 1 aliphatic heterocycles. The van der Waals surface area contributed by atoms with Crippen LogP contribution in [0.5, 0.6) is 5.75 Å². The van der Waals surface area contributed by atoms with Crippen LogP contribution in [-0.4, -0.2) is 53.8 Å². The Morgan fingerprint density at radius 2 is 1.85 bits per heavy atom. The number of aromatic nitrogens is 1. The molecule has 0 aliphatic carbocycles. The molecule has 0 unspecified atom stereocenters. The first-order chi connectivity index (χ1) is 13.0. The third kappa shape index (κ3) is 4.89. The number of H-pyrrole nitrogens is 1. The molecule has 2 heterocycles. The fourth-order valence-electron chi connectivity index (χ4n) is 2.74. The van der Waals surface area contributed by atoms with E-state index in [9.17, 15) is 14.4 Å². The number of hydrogen-bond acceptors (Lipinski definition) is 5. The molecule has 0 atom stereocenters. The molecule has 1 amide bonds. The molecule has 2 aromatic rings. The Bertz CT molecular complexity index is 842.